The molecular formula is C16H22ClN3O3. The van der Waals surface area contributed by atoms with Crippen molar-refractivity contribution in [1.82, 2.24) is 9.80 Å². The highest BCUT2D eigenvalue weighted by Gasteiger charge is 2.22. The number of hydrogen-bond acceptors (Lipinski definition) is 4. The Bertz CT molecular complexity index is 567. The van der Waals surface area contributed by atoms with E-state index in [1.807, 2.05) is 6.92 Å². The summed E-state index contributed by atoms with van der Waals surface area (Å²) >= 11 is 6.00. The van der Waals surface area contributed by atoms with Crippen LogP contribution >= 0.6 is 11.6 Å². The third kappa shape index (κ3) is 5.49. The summed E-state index contributed by atoms with van der Waals surface area (Å²) in [6.07, 6.45) is 0.0570. The lowest BCUT2D eigenvalue weighted by atomic mass is 10.3. The number of para-hydroxylation sites is 1. The van der Waals surface area contributed by atoms with Crippen molar-refractivity contribution in [3.05, 3.63) is 29.3 Å². The summed E-state index contributed by atoms with van der Waals surface area (Å²) < 4.78 is 5.42. The van der Waals surface area contributed by atoms with Gasteiger partial charge in [-0.05, 0) is 26.1 Å². The number of nitrogens with one attached hydrogen (secondary N) is 1. The van der Waals surface area contributed by atoms with Gasteiger partial charge in [-0.1, -0.05) is 23.7 Å². The van der Waals surface area contributed by atoms with E-state index in [2.05, 4.69) is 5.32 Å². The van der Waals surface area contributed by atoms with Gasteiger partial charge in [0, 0.05) is 13.1 Å². The number of rotatable bonds is 5. The average molecular weight is 340 g/mol. The second kappa shape index (κ2) is 8.29. The minimum Gasteiger partial charge on any atom is -0.375 e. The van der Waals surface area contributed by atoms with Crippen LogP contribution in [0.1, 0.15) is 6.92 Å². The number of carbonyl (C=O) groups is 2. The summed E-state index contributed by atoms with van der Waals surface area (Å²) in [4.78, 5) is 27.7. The minimum atomic E-state index is -0.205. The molecule has 1 aliphatic rings. The van der Waals surface area contributed by atoms with E-state index in [1.54, 1.807) is 41.1 Å². The molecule has 0 saturated carbocycles. The Morgan fingerprint density at radius 3 is 2.83 bits per heavy atom. The lowest BCUT2D eigenvalue weighted by Crippen LogP contribution is -2.48. The van der Waals surface area contributed by atoms with Crippen molar-refractivity contribution >= 4 is 29.1 Å². The Labute approximate surface area is 141 Å². The van der Waals surface area contributed by atoms with Crippen molar-refractivity contribution in [3.63, 3.8) is 0 Å². The lowest BCUT2D eigenvalue weighted by molar-refractivity contribution is -0.139. The first-order chi connectivity index (χ1) is 11.0. The molecule has 0 aromatic heterocycles. The summed E-state index contributed by atoms with van der Waals surface area (Å²) in [6, 6.07) is 7.05. The van der Waals surface area contributed by atoms with Crippen molar-refractivity contribution in [2.45, 2.75) is 13.0 Å². The number of halogens is 1. The van der Waals surface area contributed by atoms with Gasteiger partial charge in [-0.2, -0.15) is 0 Å². The van der Waals surface area contributed by atoms with Crippen LogP contribution in [-0.4, -0.2) is 67.6 Å². The summed E-state index contributed by atoms with van der Waals surface area (Å²) in [7, 11) is 1.74. The van der Waals surface area contributed by atoms with Crippen molar-refractivity contribution < 1.29 is 14.3 Å². The zero-order valence-electron chi connectivity index (χ0n) is 13.4. The predicted molar refractivity (Wildman–Crippen MR) is 89.6 cm³/mol. The number of nitrogens with zero attached hydrogens (tertiary/aromatic N) is 2. The van der Waals surface area contributed by atoms with Gasteiger partial charge in [0.25, 0.3) is 0 Å². The fraction of sp³-hybridized carbons (Fsp3) is 0.500. The van der Waals surface area contributed by atoms with Gasteiger partial charge in [0.1, 0.15) is 0 Å². The molecule has 7 heteroatoms. The molecule has 1 N–H and O–H groups in total. The Balaban J connectivity index is 1.79. The smallest absolute Gasteiger partial charge is 0.238 e. The Hall–Kier alpha value is -1.63. The monoisotopic (exact) mass is 339 g/mol. The zero-order valence-corrected chi connectivity index (χ0v) is 14.2. The zero-order chi connectivity index (χ0) is 16.8. The first-order valence-corrected chi connectivity index (χ1v) is 7.96. The van der Waals surface area contributed by atoms with E-state index in [9.17, 15) is 9.59 Å². The highest BCUT2D eigenvalue weighted by molar-refractivity contribution is 6.33. The SMILES string of the molecule is C[C@H]1CN(C(=O)CN(C)CC(=O)Nc2ccccc2Cl)CCO1. The van der Waals surface area contributed by atoms with Crippen LogP contribution in [0.15, 0.2) is 24.3 Å². The molecule has 0 aliphatic carbocycles. The topological polar surface area (TPSA) is 61.9 Å². The van der Waals surface area contributed by atoms with Gasteiger partial charge in [0.15, 0.2) is 0 Å². The molecule has 0 bridgehead atoms. The normalized spacial score (nSPS) is 18.1. The molecule has 1 atom stereocenters. The summed E-state index contributed by atoms with van der Waals surface area (Å²) in [5.74, 6) is -0.197. The molecule has 0 unspecified atom stereocenters. The number of benzene rings is 1. The number of hydrogen-bond donors (Lipinski definition) is 1. The fourth-order valence-corrected chi connectivity index (χ4v) is 2.61. The second-order valence-corrected chi connectivity index (χ2v) is 6.13. The predicted octanol–water partition coefficient (Wildman–Crippen LogP) is 1.46. The van der Waals surface area contributed by atoms with Crippen LogP contribution in [-0.2, 0) is 14.3 Å². The minimum absolute atomic E-state index is 0.00759. The molecule has 6 nitrogen and oxygen atoms in total. The number of ether oxygens (including phenoxy) is 1. The summed E-state index contributed by atoms with van der Waals surface area (Å²) in [5.41, 5.74) is 0.570. The molecule has 1 fully saturated rings. The third-order valence-corrected chi connectivity index (χ3v) is 3.89. The molecule has 1 aromatic carbocycles. The molecule has 0 radical (unpaired) electrons. The van der Waals surface area contributed by atoms with Gasteiger partial charge in [-0.25, -0.2) is 0 Å². The number of amides is 2. The maximum Gasteiger partial charge on any atom is 0.238 e. The largest absolute Gasteiger partial charge is 0.375 e. The first kappa shape index (κ1) is 17.7. The van der Waals surface area contributed by atoms with Crippen LogP contribution in [0.25, 0.3) is 0 Å². The quantitative estimate of drug-likeness (QED) is 0.882. The van der Waals surface area contributed by atoms with E-state index in [-0.39, 0.29) is 31.0 Å². The number of morpholine rings is 1. The summed E-state index contributed by atoms with van der Waals surface area (Å²) in [5, 5.41) is 3.23. The van der Waals surface area contributed by atoms with E-state index in [1.165, 1.54) is 0 Å². The Kier molecular flexibility index (Phi) is 6.38. The van der Waals surface area contributed by atoms with Crippen molar-refractivity contribution in [1.29, 1.82) is 0 Å². The standard InChI is InChI=1S/C16H22ClN3O3/c1-12-9-20(7-8-23-12)16(22)11-19(2)10-15(21)18-14-6-4-3-5-13(14)17/h3-6,12H,7-11H2,1-2H3,(H,18,21)/t12-/m0/s1. The van der Waals surface area contributed by atoms with E-state index >= 15 is 0 Å². The summed E-state index contributed by atoms with van der Waals surface area (Å²) in [6.45, 7) is 4.02. The van der Waals surface area contributed by atoms with Crippen LogP contribution in [0, 0.1) is 0 Å². The highest BCUT2D eigenvalue weighted by Crippen LogP contribution is 2.20. The maximum atomic E-state index is 12.2. The fourth-order valence-electron chi connectivity index (χ4n) is 2.43. The molecule has 1 aromatic rings. The van der Waals surface area contributed by atoms with E-state index in [4.69, 9.17) is 16.3 Å². The lowest BCUT2D eigenvalue weighted by Gasteiger charge is -2.32. The van der Waals surface area contributed by atoms with E-state index in [0.29, 0.717) is 30.4 Å². The van der Waals surface area contributed by atoms with E-state index in [0.717, 1.165) is 0 Å². The number of anilines is 1. The molecule has 0 spiro atoms. The van der Waals surface area contributed by atoms with Crippen molar-refractivity contribution in [3.8, 4) is 0 Å². The maximum absolute atomic E-state index is 12.2. The molecular weight excluding hydrogens is 318 g/mol. The van der Waals surface area contributed by atoms with Crippen molar-refractivity contribution in [2.24, 2.45) is 0 Å². The van der Waals surface area contributed by atoms with Gasteiger partial charge >= 0.3 is 0 Å². The first-order valence-electron chi connectivity index (χ1n) is 7.58. The van der Waals surface area contributed by atoms with Gasteiger partial charge in [-0.15, -0.1) is 0 Å². The van der Waals surface area contributed by atoms with Crippen LogP contribution in [0.4, 0.5) is 5.69 Å². The van der Waals surface area contributed by atoms with Crippen LogP contribution in [0.5, 0.6) is 0 Å². The van der Waals surface area contributed by atoms with E-state index < -0.39 is 0 Å². The van der Waals surface area contributed by atoms with Crippen molar-refractivity contribution in [2.75, 3.05) is 45.2 Å². The highest BCUT2D eigenvalue weighted by atomic mass is 35.5. The number of likely N-dealkylation sites (N-methyl/N-ethyl adjacent to an activating group) is 1. The molecule has 1 aliphatic heterocycles. The molecule has 1 heterocycles. The molecule has 2 amide bonds. The van der Waals surface area contributed by atoms with Crippen LogP contribution < -0.4 is 5.32 Å². The Morgan fingerprint density at radius 2 is 2.13 bits per heavy atom. The average Bonchev–Trinajstić information content (AvgIpc) is 2.49. The van der Waals surface area contributed by atoms with Gasteiger partial charge in [0.2, 0.25) is 11.8 Å². The van der Waals surface area contributed by atoms with Gasteiger partial charge in [-0.3, -0.25) is 14.5 Å². The van der Waals surface area contributed by atoms with Gasteiger partial charge in [0.05, 0.1) is 36.5 Å². The third-order valence-electron chi connectivity index (χ3n) is 3.56. The van der Waals surface area contributed by atoms with Crippen LogP contribution in [0.3, 0.4) is 0 Å². The molecule has 1 saturated heterocycles. The second-order valence-electron chi connectivity index (χ2n) is 5.72. The molecule has 2 rings (SSSR count). The Morgan fingerprint density at radius 1 is 1.39 bits per heavy atom. The van der Waals surface area contributed by atoms with Crippen LogP contribution in [0.2, 0.25) is 5.02 Å². The number of carbonyl (C=O) groups excluding carboxylic acids is 2. The molecule has 126 valence electrons. The molecule has 23 heavy (non-hydrogen) atoms. The van der Waals surface area contributed by atoms with Gasteiger partial charge < -0.3 is 15.0 Å².